The van der Waals surface area contributed by atoms with E-state index in [4.69, 9.17) is 0 Å². The molecular formula is C12H22. The highest BCUT2D eigenvalue weighted by atomic mass is 14.4. The molecule has 0 heterocycles. The number of hydrogen-bond acceptors (Lipinski definition) is 0. The van der Waals surface area contributed by atoms with Gasteiger partial charge < -0.3 is 0 Å². The summed E-state index contributed by atoms with van der Waals surface area (Å²) in [5.74, 6) is 1.73. The number of allylic oxidation sites excluding steroid dienone is 1. The quantitative estimate of drug-likeness (QED) is 0.516. The molecule has 70 valence electrons. The normalized spacial score (nSPS) is 29.4. The van der Waals surface area contributed by atoms with Crippen molar-refractivity contribution in [1.82, 2.24) is 0 Å². The molecule has 0 aromatic heterocycles. The molecule has 0 spiro atoms. The molecule has 0 radical (unpaired) electrons. The first-order valence-electron chi connectivity index (χ1n) is 5.12. The summed E-state index contributed by atoms with van der Waals surface area (Å²) in [5.41, 5.74) is 1.87. The van der Waals surface area contributed by atoms with Gasteiger partial charge in [0.1, 0.15) is 0 Å². The van der Waals surface area contributed by atoms with Crippen molar-refractivity contribution in [2.24, 2.45) is 17.3 Å². The molecule has 0 heteroatoms. The van der Waals surface area contributed by atoms with E-state index in [9.17, 15) is 0 Å². The summed E-state index contributed by atoms with van der Waals surface area (Å²) >= 11 is 0. The van der Waals surface area contributed by atoms with E-state index in [2.05, 4.69) is 34.3 Å². The Balaban J connectivity index is 2.58. The topological polar surface area (TPSA) is 0 Å². The van der Waals surface area contributed by atoms with Crippen LogP contribution in [0.15, 0.2) is 12.2 Å². The third-order valence-electron chi connectivity index (χ3n) is 3.55. The van der Waals surface area contributed by atoms with Crippen molar-refractivity contribution in [2.75, 3.05) is 0 Å². The molecule has 0 nitrogen and oxygen atoms in total. The minimum Gasteiger partial charge on any atom is -0.0993 e. The highest BCUT2D eigenvalue weighted by Gasteiger charge is 2.31. The molecule has 1 unspecified atom stereocenters. The molecule has 0 aromatic rings. The van der Waals surface area contributed by atoms with Crippen molar-refractivity contribution in [2.45, 2.75) is 47.0 Å². The Morgan fingerprint density at radius 3 is 2.42 bits per heavy atom. The van der Waals surface area contributed by atoms with Gasteiger partial charge in [0.15, 0.2) is 0 Å². The summed E-state index contributed by atoms with van der Waals surface area (Å²) in [4.78, 5) is 0. The van der Waals surface area contributed by atoms with Gasteiger partial charge in [0.2, 0.25) is 0 Å². The average Bonchev–Trinajstić information content (AvgIpc) is 1.94. The molecule has 1 rings (SSSR count). The van der Waals surface area contributed by atoms with E-state index < -0.39 is 0 Å². The molecule has 1 aliphatic carbocycles. The molecule has 1 atom stereocenters. The van der Waals surface area contributed by atoms with Gasteiger partial charge in [-0.15, -0.1) is 0 Å². The predicted octanol–water partition coefficient (Wildman–Crippen LogP) is 4.02. The lowest BCUT2D eigenvalue weighted by Gasteiger charge is -2.38. The molecule has 0 aliphatic heterocycles. The first-order chi connectivity index (χ1) is 5.43. The van der Waals surface area contributed by atoms with Gasteiger partial charge in [0.05, 0.1) is 0 Å². The lowest BCUT2D eigenvalue weighted by molar-refractivity contribution is 0.229. The van der Waals surface area contributed by atoms with Crippen LogP contribution in [0.25, 0.3) is 0 Å². The van der Waals surface area contributed by atoms with Gasteiger partial charge in [-0.05, 0) is 36.5 Å². The molecule has 1 saturated carbocycles. The zero-order valence-electron chi connectivity index (χ0n) is 8.98. The fourth-order valence-electron chi connectivity index (χ4n) is 1.99. The smallest absolute Gasteiger partial charge is 0.0147 e. The van der Waals surface area contributed by atoms with Crippen LogP contribution in [0.4, 0.5) is 0 Å². The molecule has 0 saturated heterocycles. The maximum Gasteiger partial charge on any atom is -0.0147 e. The SMILES string of the molecule is C=C1CC(C(C)C)CCC1(C)C. The van der Waals surface area contributed by atoms with Crippen molar-refractivity contribution in [3.8, 4) is 0 Å². The van der Waals surface area contributed by atoms with Crippen LogP contribution in [0.1, 0.15) is 47.0 Å². The Bertz CT molecular complexity index is 174. The zero-order chi connectivity index (χ0) is 9.35. The van der Waals surface area contributed by atoms with Crippen LogP contribution in [0.3, 0.4) is 0 Å². The first-order valence-corrected chi connectivity index (χ1v) is 5.12. The van der Waals surface area contributed by atoms with Crippen molar-refractivity contribution < 1.29 is 0 Å². The van der Waals surface area contributed by atoms with Crippen LogP contribution in [-0.4, -0.2) is 0 Å². The predicted molar refractivity (Wildman–Crippen MR) is 55.1 cm³/mol. The van der Waals surface area contributed by atoms with Crippen LogP contribution in [0.5, 0.6) is 0 Å². The molecule has 0 amide bonds. The van der Waals surface area contributed by atoms with Gasteiger partial charge in [0.25, 0.3) is 0 Å². The lowest BCUT2D eigenvalue weighted by atomic mass is 9.67. The van der Waals surface area contributed by atoms with Gasteiger partial charge >= 0.3 is 0 Å². The first kappa shape index (κ1) is 9.83. The van der Waals surface area contributed by atoms with Gasteiger partial charge in [-0.25, -0.2) is 0 Å². The summed E-state index contributed by atoms with van der Waals surface area (Å²) in [7, 11) is 0. The standard InChI is InChI=1S/C12H22/c1-9(2)11-6-7-12(4,5)10(3)8-11/h9,11H,3,6-8H2,1-2,4-5H3. The maximum atomic E-state index is 4.20. The summed E-state index contributed by atoms with van der Waals surface area (Å²) in [6, 6.07) is 0. The van der Waals surface area contributed by atoms with Crippen LogP contribution >= 0.6 is 0 Å². The summed E-state index contributed by atoms with van der Waals surface area (Å²) < 4.78 is 0. The second-order valence-corrected chi connectivity index (χ2v) is 5.23. The summed E-state index contributed by atoms with van der Waals surface area (Å²) in [6.07, 6.45) is 3.98. The van der Waals surface area contributed by atoms with Crippen LogP contribution in [-0.2, 0) is 0 Å². The molecule has 0 N–H and O–H groups in total. The van der Waals surface area contributed by atoms with E-state index in [1.54, 1.807) is 0 Å². The van der Waals surface area contributed by atoms with E-state index in [1.165, 1.54) is 24.8 Å². The van der Waals surface area contributed by atoms with Crippen molar-refractivity contribution in [1.29, 1.82) is 0 Å². The fraction of sp³-hybridized carbons (Fsp3) is 0.833. The minimum absolute atomic E-state index is 0.408. The molecular weight excluding hydrogens is 144 g/mol. The average molecular weight is 166 g/mol. The van der Waals surface area contributed by atoms with Crippen LogP contribution in [0, 0.1) is 17.3 Å². The largest absolute Gasteiger partial charge is 0.0993 e. The third kappa shape index (κ3) is 1.91. The fourth-order valence-corrected chi connectivity index (χ4v) is 1.99. The Labute approximate surface area is 77.1 Å². The van der Waals surface area contributed by atoms with Crippen LogP contribution in [0.2, 0.25) is 0 Å². The highest BCUT2D eigenvalue weighted by Crippen LogP contribution is 2.43. The van der Waals surface area contributed by atoms with Crippen molar-refractivity contribution in [3.05, 3.63) is 12.2 Å². The zero-order valence-corrected chi connectivity index (χ0v) is 8.98. The Morgan fingerprint density at radius 1 is 1.42 bits per heavy atom. The molecule has 1 aliphatic rings. The second kappa shape index (κ2) is 3.24. The van der Waals surface area contributed by atoms with Crippen molar-refractivity contribution in [3.63, 3.8) is 0 Å². The van der Waals surface area contributed by atoms with E-state index in [-0.39, 0.29) is 0 Å². The van der Waals surface area contributed by atoms with Crippen molar-refractivity contribution >= 4 is 0 Å². The van der Waals surface area contributed by atoms with Gasteiger partial charge in [-0.1, -0.05) is 39.8 Å². The highest BCUT2D eigenvalue weighted by molar-refractivity contribution is 5.11. The Kier molecular flexibility index (Phi) is 2.65. The number of hydrogen-bond donors (Lipinski definition) is 0. The monoisotopic (exact) mass is 166 g/mol. The molecule has 12 heavy (non-hydrogen) atoms. The summed E-state index contributed by atoms with van der Waals surface area (Å²) in [5, 5.41) is 0. The van der Waals surface area contributed by atoms with E-state index in [0.29, 0.717) is 5.41 Å². The Morgan fingerprint density at radius 2 is 2.00 bits per heavy atom. The van der Waals surface area contributed by atoms with E-state index >= 15 is 0 Å². The van der Waals surface area contributed by atoms with E-state index in [1.807, 2.05) is 0 Å². The van der Waals surface area contributed by atoms with E-state index in [0.717, 1.165) is 11.8 Å². The van der Waals surface area contributed by atoms with Gasteiger partial charge in [-0.3, -0.25) is 0 Å². The molecule has 0 bridgehead atoms. The summed E-state index contributed by atoms with van der Waals surface area (Å²) in [6.45, 7) is 13.5. The van der Waals surface area contributed by atoms with Gasteiger partial charge in [0, 0.05) is 0 Å². The minimum atomic E-state index is 0.408. The second-order valence-electron chi connectivity index (χ2n) is 5.23. The number of rotatable bonds is 1. The Hall–Kier alpha value is -0.260. The van der Waals surface area contributed by atoms with Gasteiger partial charge in [-0.2, -0.15) is 0 Å². The lowest BCUT2D eigenvalue weighted by Crippen LogP contribution is -2.26. The molecule has 1 fully saturated rings. The maximum absolute atomic E-state index is 4.20. The molecule has 0 aromatic carbocycles. The van der Waals surface area contributed by atoms with Crippen LogP contribution < -0.4 is 0 Å². The third-order valence-corrected chi connectivity index (χ3v) is 3.55.